The molecule has 2 rings (SSSR count). The highest BCUT2D eigenvalue weighted by Crippen LogP contribution is 2.15. The normalized spacial score (nSPS) is 10.2. The Hall–Kier alpha value is -2.33. The largest absolute Gasteiger partial charge is 0.508 e. The van der Waals surface area contributed by atoms with E-state index >= 15 is 0 Å². The van der Waals surface area contributed by atoms with E-state index < -0.39 is 0 Å². The van der Waals surface area contributed by atoms with Gasteiger partial charge in [-0.25, -0.2) is 0 Å². The predicted octanol–water partition coefficient (Wildman–Crippen LogP) is 1.71. The van der Waals surface area contributed by atoms with Gasteiger partial charge in [0.15, 0.2) is 0 Å². The van der Waals surface area contributed by atoms with Crippen LogP contribution in [0, 0.1) is 0 Å². The van der Waals surface area contributed by atoms with E-state index in [-0.39, 0.29) is 18.1 Å². The molecule has 0 aliphatic rings. The molecule has 0 aliphatic carbocycles. The molecule has 0 fully saturated rings. The number of nitrogens with two attached hydrogens (primary N) is 1. The zero-order valence-corrected chi connectivity index (χ0v) is 11.2. The highest BCUT2D eigenvalue weighted by molar-refractivity contribution is 5.79. The van der Waals surface area contributed by atoms with E-state index in [2.05, 4.69) is 5.32 Å². The van der Waals surface area contributed by atoms with Crippen molar-refractivity contribution in [2.75, 3.05) is 0 Å². The molecular formula is C16H18N2O2. The van der Waals surface area contributed by atoms with E-state index in [0.29, 0.717) is 18.7 Å². The van der Waals surface area contributed by atoms with Gasteiger partial charge in [0.2, 0.25) is 5.91 Å². The van der Waals surface area contributed by atoms with Crippen molar-refractivity contribution in [3.63, 3.8) is 0 Å². The van der Waals surface area contributed by atoms with Crippen LogP contribution in [0.5, 0.6) is 5.75 Å². The monoisotopic (exact) mass is 270 g/mol. The number of benzene rings is 2. The molecule has 0 heterocycles. The first-order valence-corrected chi connectivity index (χ1v) is 6.50. The third-order valence-corrected chi connectivity index (χ3v) is 3.09. The van der Waals surface area contributed by atoms with Crippen LogP contribution < -0.4 is 11.1 Å². The standard InChI is InChI=1S/C16H18N2O2/c17-10-12-5-7-13(8-6-12)11-18-16(20)9-14-3-1-2-4-15(14)19/h1-8,19H,9-11,17H2,(H,18,20). The lowest BCUT2D eigenvalue weighted by molar-refractivity contribution is -0.120. The van der Waals surface area contributed by atoms with Crippen molar-refractivity contribution in [3.05, 3.63) is 65.2 Å². The number of rotatable bonds is 5. The molecule has 0 atom stereocenters. The highest BCUT2D eigenvalue weighted by atomic mass is 16.3. The summed E-state index contributed by atoms with van der Waals surface area (Å²) in [5.74, 6) is 0.0318. The first kappa shape index (κ1) is 14.1. The van der Waals surface area contributed by atoms with Crippen LogP contribution in [0.15, 0.2) is 48.5 Å². The molecular weight excluding hydrogens is 252 g/mol. The Morgan fingerprint density at radius 1 is 1.05 bits per heavy atom. The number of hydrogen-bond donors (Lipinski definition) is 3. The zero-order chi connectivity index (χ0) is 14.4. The molecule has 4 N–H and O–H groups in total. The molecule has 0 spiro atoms. The SMILES string of the molecule is NCc1ccc(CNC(=O)Cc2ccccc2O)cc1. The maximum Gasteiger partial charge on any atom is 0.224 e. The Balaban J connectivity index is 1.87. The van der Waals surface area contributed by atoms with Crippen LogP contribution in [-0.2, 0) is 24.3 Å². The van der Waals surface area contributed by atoms with Crippen LogP contribution in [-0.4, -0.2) is 11.0 Å². The van der Waals surface area contributed by atoms with Crippen LogP contribution in [0.4, 0.5) is 0 Å². The van der Waals surface area contributed by atoms with Gasteiger partial charge in [0, 0.05) is 18.7 Å². The van der Waals surface area contributed by atoms with Crippen LogP contribution in [0.1, 0.15) is 16.7 Å². The number of para-hydroxylation sites is 1. The van der Waals surface area contributed by atoms with Crippen LogP contribution in [0.2, 0.25) is 0 Å². The van der Waals surface area contributed by atoms with Crippen LogP contribution >= 0.6 is 0 Å². The van der Waals surface area contributed by atoms with Crippen molar-refractivity contribution < 1.29 is 9.90 Å². The quantitative estimate of drug-likeness (QED) is 0.774. The summed E-state index contributed by atoms with van der Waals surface area (Å²) < 4.78 is 0. The first-order chi connectivity index (χ1) is 9.69. The fourth-order valence-corrected chi connectivity index (χ4v) is 1.89. The van der Waals surface area contributed by atoms with Gasteiger partial charge >= 0.3 is 0 Å². The number of carbonyl (C=O) groups is 1. The summed E-state index contributed by atoms with van der Waals surface area (Å²) in [6, 6.07) is 14.6. The van der Waals surface area contributed by atoms with Crippen molar-refractivity contribution in [1.82, 2.24) is 5.32 Å². The molecule has 104 valence electrons. The number of nitrogens with one attached hydrogen (secondary N) is 1. The van der Waals surface area contributed by atoms with Crippen molar-refractivity contribution in [2.45, 2.75) is 19.5 Å². The van der Waals surface area contributed by atoms with Crippen molar-refractivity contribution in [1.29, 1.82) is 0 Å². The second kappa shape index (κ2) is 6.73. The molecule has 1 amide bonds. The van der Waals surface area contributed by atoms with E-state index in [9.17, 15) is 9.90 Å². The summed E-state index contributed by atoms with van der Waals surface area (Å²) in [7, 11) is 0. The van der Waals surface area contributed by atoms with Gasteiger partial charge in [0.05, 0.1) is 6.42 Å². The third-order valence-electron chi connectivity index (χ3n) is 3.09. The summed E-state index contributed by atoms with van der Waals surface area (Å²) >= 11 is 0. The number of hydrogen-bond acceptors (Lipinski definition) is 3. The Labute approximate surface area is 118 Å². The summed E-state index contributed by atoms with van der Waals surface area (Å²) in [6.45, 7) is 0.983. The van der Waals surface area contributed by atoms with E-state index in [1.807, 2.05) is 24.3 Å². The number of aromatic hydroxyl groups is 1. The Bertz CT molecular complexity index is 579. The molecule has 4 nitrogen and oxygen atoms in total. The minimum atomic E-state index is -0.116. The van der Waals surface area contributed by atoms with E-state index in [0.717, 1.165) is 11.1 Å². The maximum atomic E-state index is 11.8. The Morgan fingerprint density at radius 2 is 1.70 bits per heavy atom. The fraction of sp³-hybridized carbons (Fsp3) is 0.188. The van der Waals surface area contributed by atoms with Crippen molar-refractivity contribution >= 4 is 5.91 Å². The predicted molar refractivity (Wildman–Crippen MR) is 78.0 cm³/mol. The lowest BCUT2D eigenvalue weighted by Gasteiger charge is -2.07. The number of carbonyl (C=O) groups excluding carboxylic acids is 1. The molecule has 0 aliphatic heterocycles. The third kappa shape index (κ3) is 3.83. The number of amides is 1. The van der Waals surface area contributed by atoms with Gasteiger partial charge in [-0.2, -0.15) is 0 Å². The molecule has 20 heavy (non-hydrogen) atoms. The highest BCUT2D eigenvalue weighted by Gasteiger charge is 2.06. The average molecular weight is 270 g/mol. The van der Waals surface area contributed by atoms with Gasteiger partial charge in [0.25, 0.3) is 0 Å². The van der Waals surface area contributed by atoms with Gasteiger partial charge in [-0.15, -0.1) is 0 Å². The second-order valence-electron chi connectivity index (χ2n) is 4.60. The molecule has 4 heteroatoms. The van der Waals surface area contributed by atoms with Crippen molar-refractivity contribution in [3.8, 4) is 5.75 Å². The summed E-state index contributed by atoms with van der Waals surface area (Å²) in [5.41, 5.74) is 8.24. The van der Waals surface area contributed by atoms with E-state index in [1.54, 1.807) is 24.3 Å². The van der Waals surface area contributed by atoms with Crippen molar-refractivity contribution in [2.24, 2.45) is 5.73 Å². The molecule has 0 saturated carbocycles. The van der Waals surface area contributed by atoms with Crippen LogP contribution in [0.25, 0.3) is 0 Å². The summed E-state index contributed by atoms with van der Waals surface area (Å²) in [4.78, 5) is 11.8. The molecule has 0 bridgehead atoms. The topological polar surface area (TPSA) is 75.3 Å². The lowest BCUT2D eigenvalue weighted by Crippen LogP contribution is -2.24. The minimum absolute atomic E-state index is 0.116. The van der Waals surface area contributed by atoms with Gasteiger partial charge in [-0.05, 0) is 17.2 Å². The molecule has 2 aromatic rings. The smallest absolute Gasteiger partial charge is 0.224 e. The second-order valence-corrected chi connectivity index (χ2v) is 4.60. The first-order valence-electron chi connectivity index (χ1n) is 6.50. The van der Waals surface area contributed by atoms with Gasteiger partial charge < -0.3 is 16.2 Å². The fourth-order valence-electron chi connectivity index (χ4n) is 1.89. The van der Waals surface area contributed by atoms with E-state index in [1.165, 1.54) is 0 Å². The molecule has 2 aromatic carbocycles. The van der Waals surface area contributed by atoms with Gasteiger partial charge in [-0.3, -0.25) is 4.79 Å². The average Bonchev–Trinajstić information content (AvgIpc) is 2.48. The Morgan fingerprint density at radius 3 is 2.35 bits per heavy atom. The summed E-state index contributed by atoms with van der Waals surface area (Å²) in [5, 5.41) is 12.4. The van der Waals surface area contributed by atoms with Crippen LogP contribution in [0.3, 0.4) is 0 Å². The Kier molecular flexibility index (Phi) is 4.74. The lowest BCUT2D eigenvalue weighted by atomic mass is 10.1. The minimum Gasteiger partial charge on any atom is -0.508 e. The molecule has 0 radical (unpaired) electrons. The van der Waals surface area contributed by atoms with Gasteiger partial charge in [-0.1, -0.05) is 42.5 Å². The molecule has 0 unspecified atom stereocenters. The van der Waals surface area contributed by atoms with Gasteiger partial charge in [0.1, 0.15) is 5.75 Å². The number of phenolic OH excluding ortho intramolecular Hbond substituents is 1. The molecule has 0 saturated heterocycles. The number of phenols is 1. The maximum absolute atomic E-state index is 11.8. The summed E-state index contributed by atoms with van der Waals surface area (Å²) in [6.07, 6.45) is 0.174. The zero-order valence-electron chi connectivity index (χ0n) is 11.2. The molecule has 0 aromatic heterocycles. The van der Waals surface area contributed by atoms with E-state index in [4.69, 9.17) is 5.73 Å².